The van der Waals surface area contributed by atoms with Crippen LogP contribution < -0.4 is 22.3 Å². The standard InChI is InChI=1S/C14H13N5O/c15-13-12-8(2-1-3-9(12)18-19-13)7-4-5-11-10(6-7)17-14(16)20-11/h1-6,13,18-19H,15H2,(H2,16,17). The highest BCUT2D eigenvalue weighted by Crippen LogP contribution is 2.36. The maximum absolute atomic E-state index is 6.07. The molecule has 1 unspecified atom stereocenters. The molecule has 0 aliphatic carbocycles. The summed E-state index contributed by atoms with van der Waals surface area (Å²) in [7, 11) is 0. The van der Waals surface area contributed by atoms with E-state index in [1.165, 1.54) is 0 Å². The minimum Gasteiger partial charge on any atom is -0.424 e. The predicted molar refractivity (Wildman–Crippen MR) is 77.5 cm³/mol. The van der Waals surface area contributed by atoms with Gasteiger partial charge in [-0.25, -0.2) is 5.43 Å². The highest BCUT2D eigenvalue weighted by atomic mass is 16.4. The third kappa shape index (κ3) is 1.56. The zero-order valence-corrected chi connectivity index (χ0v) is 10.6. The number of rotatable bonds is 1. The lowest BCUT2D eigenvalue weighted by Crippen LogP contribution is -2.25. The van der Waals surface area contributed by atoms with Gasteiger partial charge in [0.25, 0.3) is 6.01 Å². The SMILES string of the molecule is Nc1nc2cc(-c3cccc4c3C(N)NN4)ccc2o1. The molecule has 3 aromatic rings. The predicted octanol–water partition coefficient (Wildman–Crippen LogP) is 1.96. The van der Waals surface area contributed by atoms with Gasteiger partial charge in [0.2, 0.25) is 0 Å². The molecule has 6 nitrogen and oxygen atoms in total. The smallest absolute Gasteiger partial charge is 0.292 e. The van der Waals surface area contributed by atoms with Crippen LogP contribution in [-0.2, 0) is 0 Å². The van der Waals surface area contributed by atoms with Crippen LogP contribution in [0.4, 0.5) is 11.7 Å². The Morgan fingerprint density at radius 3 is 3.00 bits per heavy atom. The van der Waals surface area contributed by atoms with Gasteiger partial charge in [0.1, 0.15) is 11.7 Å². The Kier molecular flexibility index (Phi) is 2.23. The number of hydrazine groups is 1. The van der Waals surface area contributed by atoms with Gasteiger partial charge in [-0.1, -0.05) is 18.2 Å². The molecule has 0 fully saturated rings. The number of aromatic nitrogens is 1. The van der Waals surface area contributed by atoms with Gasteiger partial charge in [0, 0.05) is 5.56 Å². The van der Waals surface area contributed by atoms with Crippen molar-refractivity contribution >= 4 is 22.8 Å². The molecule has 0 radical (unpaired) electrons. The van der Waals surface area contributed by atoms with Crippen molar-refractivity contribution in [2.75, 3.05) is 11.2 Å². The average Bonchev–Trinajstić information content (AvgIpc) is 3.00. The van der Waals surface area contributed by atoms with E-state index in [-0.39, 0.29) is 12.2 Å². The van der Waals surface area contributed by atoms with Gasteiger partial charge in [0.15, 0.2) is 5.58 Å². The first-order valence-electron chi connectivity index (χ1n) is 6.29. The van der Waals surface area contributed by atoms with E-state index in [0.717, 1.165) is 27.9 Å². The highest BCUT2D eigenvalue weighted by molar-refractivity contribution is 5.84. The van der Waals surface area contributed by atoms with E-state index in [4.69, 9.17) is 15.9 Å². The van der Waals surface area contributed by atoms with E-state index >= 15 is 0 Å². The number of benzene rings is 2. The second-order valence-electron chi connectivity index (χ2n) is 4.75. The fourth-order valence-corrected chi connectivity index (χ4v) is 2.60. The molecule has 1 aliphatic heterocycles. The minimum absolute atomic E-state index is 0.176. The molecule has 0 amide bonds. The lowest BCUT2D eigenvalue weighted by molar-refractivity contribution is 0.626. The number of nitrogens with two attached hydrogens (primary N) is 2. The van der Waals surface area contributed by atoms with E-state index in [2.05, 4.69) is 15.8 Å². The maximum atomic E-state index is 6.07. The first kappa shape index (κ1) is 11.3. The maximum Gasteiger partial charge on any atom is 0.292 e. The Bertz CT molecular complexity index is 810. The fraction of sp³-hybridized carbons (Fsp3) is 0.0714. The molecule has 0 saturated heterocycles. The van der Waals surface area contributed by atoms with Crippen LogP contribution in [0.1, 0.15) is 11.7 Å². The Morgan fingerprint density at radius 1 is 1.20 bits per heavy atom. The monoisotopic (exact) mass is 267 g/mol. The van der Waals surface area contributed by atoms with Crippen molar-refractivity contribution < 1.29 is 4.42 Å². The Morgan fingerprint density at radius 2 is 2.10 bits per heavy atom. The zero-order valence-electron chi connectivity index (χ0n) is 10.6. The van der Waals surface area contributed by atoms with Gasteiger partial charge in [-0.15, -0.1) is 0 Å². The summed E-state index contributed by atoms with van der Waals surface area (Å²) in [5.74, 6) is 0. The molecule has 6 heteroatoms. The van der Waals surface area contributed by atoms with E-state index in [0.29, 0.717) is 5.58 Å². The molecule has 20 heavy (non-hydrogen) atoms. The van der Waals surface area contributed by atoms with E-state index in [9.17, 15) is 0 Å². The number of nitrogens with one attached hydrogen (secondary N) is 2. The molecule has 0 bridgehead atoms. The van der Waals surface area contributed by atoms with Crippen molar-refractivity contribution in [2.45, 2.75) is 6.17 Å². The Hall–Kier alpha value is -2.57. The zero-order chi connectivity index (χ0) is 13.7. The highest BCUT2D eigenvalue weighted by Gasteiger charge is 2.22. The van der Waals surface area contributed by atoms with Gasteiger partial charge in [0.05, 0.1) is 5.69 Å². The Labute approximate surface area is 114 Å². The summed E-state index contributed by atoms with van der Waals surface area (Å²) >= 11 is 0. The molecular formula is C14H13N5O. The van der Waals surface area contributed by atoms with Crippen LogP contribution in [0.2, 0.25) is 0 Å². The third-order valence-corrected chi connectivity index (χ3v) is 3.49. The molecule has 100 valence electrons. The molecular weight excluding hydrogens is 254 g/mol. The lowest BCUT2D eigenvalue weighted by atomic mass is 9.97. The number of anilines is 2. The van der Waals surface area contributed by atoms with Gasteiger partial charge in [-0.05, 0) is 29.3 Å². The van der Waals surface area contributed by atoms with Gasteiger partial charge < -0.3 is 21.3 Å². The van der Waals surface area contributed by atoms with Crippen LogP contribution in [-0.4, -0.2) is 4.98 Å². The molecule has 0 spiro atoms. The van der Waals surface area contributed by atoms with Crippen molar-refractivity contribution in [3.8, 4) is 11.1 Å². The number of nitrogens with zero attached hydrogens (tertiary/aromatic N) is 1. The van der Waals surface area contributed by atoms with Gasteiger partial charge in [-0.2, -0.15) is 4.98 Å². The molecule has 4 rings (SSSR count). The number of hydrogen-bond acceptors (Lipinski definition) is 6. The molecule has 6 N–H and O–H groups in total. The van der Waals surface area contributed by atoms with Crippen LogP contribution in [0.25, 0.3) is 22.2 Å². The van der Waals surface area contributed by atoms with Crippen molar-refractivity contribution in [3.05, 3.63) is 42.0 Å². The average molecular weight is 267 g/mol. The summed E-state index contributed by atoms with van der Waals surface area (Å²) in [5, 5.41) is 0. The van der Waals surface area contributed by atoms with Crippen molar-refractivity contribution in [1.29, 1.82) is 0 Å². The van der Waals surface area contributed by atoms with Crippen LogP contribution in [0.5, 0.6) is 0 Å². The summed E-state index contributed by atoms with van der Waals surface area (Å²) < 4.78 is 5.29. The largest absolute Gasteiger partial charge is 0.424 e. The summed E-state index contributed by atoms with van der Waals surface area (Å²) in [4.78, 5) is 4.16. The van der Waals surface area contributed by atoms with Crippen LogP contribution in [0, 0.1) is 0 Å². The summed E-state index contributed by atoms with van der Waals surface area (Å²) in [5.41, 5.74) is 23.3. The molecule has 1 atom stereocenters. The summed E-state index contributed by atoms with van der Waals surface area (Å²) in [6.45, 7) is 0. The molecule has 1 aliphatic rings. The van der Waals surface area contributed by atoms with Crippen LogP contribution in [0.15, 0.2) is 40.8 Å². The first-order valence-corrected chi connectivity index (χ1v) is 6.29. The fourth-order valence-electron chi connectivity index (χ4n) is 2.60. The second-order valence-corrected chi connectivity index (χ2v) is 4.75. The van der Waals surface area contributed by atoms with Crippen LogP contribution in [0.3, 0.4) is 0 Å². The number of oxazole rings is 1. The topological polar surface area (TPSA) is 102 Å². The molecule has 1 aromatic heterocycles. The first-order chi connectivity index (χ1) is 9.72. The van der Waals surface area contributed by atoms with E-state index in [1.807, 2.05) is 36.4 Å². The van der Waals surface area contributed by atoms with Gasteiger partial charge in [-0.3, -0.25) is 0 Å². The van der Waals surface area contributed by atoms with Crippen molar-refractivity contribution in [2.24, 2.45) is 5.73 Å². The summed E-state index contributed by atoms with van der Waals surface area (Å²) in [6, 6.07) is 12.0. The van der Waals surface area contributed by atoms with Crippen molar-refractivity contribution in [3.63, 3.8) is 0 Å². The lowest BCUT2D eigenvalue weighted by Gasteiger charge is -2.10. The van der Waals surface area contributed by atoms with Crippen molar-refractivity contribution in [1.82, 2.24) is 10.4 Å². The molecule has 0 saturated carbocycles. The summed E-state index contributed by atoms with van der Waals surface area (Å²) in [6.07, 6.45) is -0.237. The van der Waals surface area contributed by atoms with Gasteiger partial charge >= 0.3 is 0 Å². The van der Waals surface area contributed by atoms with E-state index < -0.39 is 0 Å². The normalized spacial score (nSPS) is 17.1. The minimum atomic E-state index is -0.237. The molecule has 2 aromatic carbocycles. The number of hydrogen-bond donors (Lipinski definition) is 4. The third-order valence-electron chi connectivity index (χ3n) is 3.49. The van der Waals surface area contributed by atoms with Crippen LogP contribution >= 0.6 is 0 Å². The second kappa shape index (κ2) is 3.96. The Balaban J connectivity index is 1.93. The number of nitrogen functional groups attached to an aromatic ring is 1. The van der Waals surface area contributed by atoms with E-state index in [1.54, 1.807) is 0 Å². The number of fused-ring (bicyclic) bond motifs is 2. The molecule has 2 heterocycles. The quantitative estimate of drug-likeness (QED) is 0.537.